The highest BCUT2D eigenvalue weighted by Crippen LogP contribution is 2.32. The van der Waals surface area contributed by atoms with Crippen molar-refractivity contribution in [2.45, 2.75) is 0 Å². The van der Waals surface area contributed by atoms with E-state index >= 15 is 0 Å². The SMILES string of the molecule is N#Cc1cccc(C(=O)OCC(=O)Nc2cc(Cl)ccc2Oc2ccccc2)c1. The Morgan fingerprint density at radius 3 is 2.55 bits per heavy atom. The lowest BCUT2D eigenvalue weighted by Gasteiger charge is -2.13. The van der Waals surface area contributed by atoms with Crippen LogP contribution in [0.5, 0.6) is 11.5 Å². The maximum absolute atomic E-state index is 12.2. The molecule has 3 rings (SSSR count). The van der Waals surface area contributed by atoms with Gasteiger partial charge in [0.25, 0.3) is 5.91 Å². The molecule has 0 aromatic heterocycles. The highest BCUT2D eigenvalue weighted by Gasteiger charge is 2.14. The standard InChI is InChI=1S/C22H15ClN2O4/c23-17-9-10-20(29-18-7-2-1-3-8-18)19(12-17)25-21(26)14-28-22(27)16-6-4-5-15(11-16)13-24/h1-12H,14H2,(H,25,26). The smallest absolute Gasteiger partial charge is 0.338 e. The summed E-state index contributed by atoms with van der Waals surface area (Å²) in [5, 5.41) is 11.9. The van der Waals surface area contributed by atoms with Crippen LogP contribution in [0, 0.1) is 11.3 Å². The first-order valence-electron chi connectivity index (χ1n) is 8.55. The van der Waals surface area contributed by atoms with Gasteiger partial charge >= 0.3 is 5.97 Å². The van der Waals surface area contributed by atoms with E-state index < -0.39 is 18.5 Å². The number of hydrogen-bond donors (Lipinski definition) is 1. The molecule has 144 valence electrons. The predicted molar refractivity (Wildman–Crippen MR) is 108 cm³/mol. The van der Waals surface area contributed by atoms with Crippen LogP contribution in [0.1, 0.15) is 15.9 Å². The van der Waals surface area contributed by atoms with Crippen LogP contribution in [-0.2, 0) is 9.53 Å². The van der Waals surface area contributed by atoms with Gasteiger partial charge in [-0.15, -0.1) is 0 Å². The van der Waals surface area contributed by atoms with E-state index in [2.05, 4.69) is 5.32 Å². The lowest BCUT2D eigenvalue weighted by Crippen LogP contribution is -2.21. The Kier molecular flexibility index (Phi) is 6.46. The van der Waals surface area contributed by atoms with Crippen molar-refractivity contribution in [1.82, 2.24) is 0 Å². The molecule has 0 unspecified atom stereocenters. The molecule has 0 fully saturated rings. The second-order valence-corrected chi connectivity index (χ2v) is 6.31. The maximum atomic E-state index is 12.2. The molecule has 0 radical (unpaired) electrons. The molecule has 0 heterocycles. The number of nitrogens with zero attached hydrogens (tertiary/aromatic N) is 1. The number of benzene rings is 3. The van der Waals surface area contributed by atoms with Crippen LogP contribution in [0.3, 0.4) is 0 Å². The van der Waals surface area contributed by atoms with E-state index in [4.69, 9.17) is 26.3 Å². The van der Waals surface area contributed by atoms with Gasteiger partial charge < -0.3 is 14.8 Å². The van der Waals surface area contributed by atoms with Crippen molar-refractivity contribution in [2.75, 3.05) is 11.9 Å². The van der Waals surface area contributed by atoms with Crippen molar-refractivity contribution in [3.63, 3.8) is 0 Å². The van der Waals surface area contributed by atoms with Crippen LogP contribution < -0.4 is 10.1 Å². The van der Waals surface area contributed by atoms with Crippen LogP contribution in [0.4, 0.5) is 5.69 Å². The molecule has 29 heavy (non-hydrogen) atoms. The van der Waals surface area contributed by atoms with Gasteiger partial charge in [0.2, 0.25) is 0 Å². The molecular formula is C22H15ClN2O4. The third-order valence-corrected chi connectivity index (χ3v) is 3.98. The number of anilines is 1. The minimum atomic E-state index is -0.705. The second-order valence-electron chi connectivity index (χ2n) is 5.87. The van der Waals surface area contributed by atoms with Gasteiger partial charge in [-0.3, -0.25) is 4.79 Å². The van der Waals surface area contributed by atoms with Gasteiger partial charge in [-0.2, -0.15) is 5.26 Å². The van der Waals surface area contributed by atoms with E-state index in [0.29, 0.717) is 27.8 Å². The molecule has 6 nitrogen and oxygen atoms in total. The Hall–Kier alpha value is -3.82. The molecule has 7 heteroatoms. The van der Waals surface area contributed by atoms with Gasteiger partial charge in [0.05, 0.1) is 22.9 Å². The number of nitrogens with one attached hydrogen (secondary N) is 1. The minimum absolute atomic E-state index is 0.188. The fraction of sp³-hybridized carbons (Fsp3) is 0.0455. The van der Waals surface area contributed by atoms with Crippen LogP contribution >= 0.6 is 11.6 Å². The quantitative estimate of drug-likeness (QED) is 0.594. The Morgan fingerprint density at radius 1 is 1.00 bits per heavy atom. The van der Waals surface area contributed by atoms with E-state index in [0.717, 1.165) is 0 Å². The second kappa shape index (κ2) is 9.40. The summed E-state index contributed by atoms with van der Waals surface area (Å²) < 4.78 is 10.8. The van der Waals surface area contributed by atoms with E-state index in [1.54, 1.807) is 36.4 Å². The fourth-order valence-electron chi connectivity index (χ4n) is 2.42. The van der Waals surface area contributed by atoms with Crippen molar-refractivity contribution in [1.29, 1.82) is 5.26 Å². The first-order valence-corrected chi connectivity index (χ1v) is 8.92. The van der Waals surface area contributed by atoms with Gasteiger partial charge in [-0.1, -0.05) is 35.9 Å². The highest BCUT2D eigenvalue weighted by molar-refractivity contribution is 6.31. The molecule has 0 aliphatic rings. The molecule has 0 bridgehead atoms. The summed E-state index contributed by atoms with van der Waals surface area (Å²) in [6, 6.07) is 21.8. The Labute approximate surface area is 172 Å². The number of carbonyl (C=O) groups is 2. The van der Waals surface area contributed by atoms with Gasteiger partial charge in [-0.25, -0.2) is 4.79 Å². The largest absolute Gasteiger partial charge is 0.455 e. The molecular weight excluding hydrogens is 392 g/mol. The summed E-state index contributed by atoms with van der Waals surface area (Å²) in [6.45, 7) is -0.507. The van der Waals surface area contributed by atoms with Crippen molar-refractivity contribution in [3.8, 4) is 17.6 Å². The number of esters is 1. The number of ether oxygens (including phenoxy) is 2. The molecule has 0 aliphatic carbocycles. The third-order valence-electron chi connectivity index (χ3n) is 3.75. The summed E-state index contributed by atoms with van der Waals surface area (Å²) in [7, 11) is 0. The molecule has 0 saturated carbocycles. The summed E-state index contributed by atoms with van der Waals surface area (Å²) in [5.74, 6) is -0.282. The molecule has 3 aromatic carbocycles. The molecule has 0 aliphatic heterocycles. The number of para-hydroxylation sites is 1. The van der Waals surface area contributed by atoms with Gasteiger partial charge in [0.1, 0.15) is 5.75 Å². The number of carbonyl (C=O) groups excluding carboxylic acids is 2. The average Bonchev–Trinajstić information content (AvgIpc) is 2.74. The normalized spacial score (nSPS) is 9.93. The van der Waals surface area contributed by atoms with E-state index in [1.807, 2.05) is 24.3 Å². The zero-order chi connectivity index (χ0) is 20.6. The Morgan fingerprint density at radius 2 is 1.79 bits per heavy atom. The molecule has 3 aromatic rings. The Bertz CT molecular complexity index is 1080. The first kappa shape index (κ1) is 19.9. The van der Waals surface area contributed by atoms with Crippen LogP contribution in [0.25, 0.3) is 0 Å². The van der Waals surface area contributed by atoms with E-state index in [9.17, 15) is 9.59 Å². The number of nitriles is 1. The monoisotopic (exact) mass is 406 g/mol. The molecule has 1 amide bonds. The third kappa shape index (κ3) is 5.58. The fourth-order valence-corrected chi connectivity index (χ4v) is 2.59. The van der Waals surface area contributed by atoms with E-state index in [1.165, 1.54) is 18.2 Å². The topological polar surface area (TPSA) is 88.4 Å². The van der Waals surface area contributed by atoms with Gasteiger partial charge in [-0.05, 0) is 48.5 Å². The molecule has 0 saturated heterocycles. The van der Waals surface area contributed by atoms with Gasteiger partial charge in [0, 0.05) is 5.02 Å². The lowest BCUT2D eigenvalue weighted by molar-refractivity contribution is -0.119. The van der Waals surface area contributed by atoms with Crippen molar-refractivity contribution in [3.05, 3.63) is 88.9 Å². The number of amides is 1. The van der Waals surface area contributed by atoms with Crippen molar-refractivity contribution < 1.29 is 19.1 Å². The summed E-state index contributed by atoms with van der Waals surface area (Å²) in [6.07, 6.45) is 0. The molecule has 0 spiro atoms. The predicted octanol–water partition coefficient (Wildman–Crippen LogP) is 4.80. The highest BCUT2D eigenvalue weighted by atomic mass is 35.5. The zero-order valence-electron chi connectivity index (χ0n) is 15.1. The maximum Gasteiger partial charge on any atom is 0.338 e. The average molecular weight is 407 g/mol. The number of halogens is 1. The van der Waals surface area contributed by atoms with Crippen LogP contribution in [0.15, 0.2) is 72.8 Å². The summed E-state index contributed by atoms with van der Waals surface area (Å²) in [5.41, 5.74) is 0.854. The minimum Gasteiger partial charge on any atom is -0.455 e. The van der Waals surface area contributed by atoms with Crippen molar-refractivity contribution >= 4 is 29.2 Å². The summed E-state index contributed by atoms with van der Waals surface area (Å²) in [4.78, 5) is 24.3. The van der Waals surface area contributed by atoms with Crippen molar-refractivity contribution in [2.24, 2.45) is 0 Å². The number of hydrogen-bond acceptors (Lipinski definition) is 5. The Balaban J connectivity index is 1.65. The van der Waals surface area contributed by atoms with E-state index in [-0.39, 0.29) is 5.56 Å². The first-order chi connectivity index (χ1) is 14.0. The molecule has 1 N–H and O–H groups in total. The van der Waals surface area contributed by atoms with Crippen LogP contribution in [0.2, 0.25) is 5.02 Å². The summed E-state index contributed by atoms with van der Waals surface area (Å²) >= 11 is 6.02. The lowest BCUT2D eigenvalue weighted by atomic mass is 10.1. The van der Waals surface area contributed by atoms with Crippen LogP contribution in [-0.4, -0.2) is 18.5 Å². The molecule has 0 atom stereocenters. The number of rotatable bonds is 6. The zero-order valence-corrected chi connectivity index (χ0v) is 15.8. The van der Waals surface area contributed by atoms with Gasteiger partial charge in [0.15, 0.2) is 12.4 Å².